The monoisotopic (exact) mass is 502 g/mol. The van der Waals surface area contributed by atoms with E-state index in [1.165, 1.54) is 18.3 Å². The largest absolute Gasteiger partial charge is 0.491 e. The summed E-state index contributed by atoms with van der Waals surface area (Å²) < 4.78 is 5.60. The number of aromatic nitrogens is 1. The molecule has 4 rings (SSSR count). The number of ether oxygens (including phenoxy) is 1. The first-order valence-electron chi connectivity index (χ1n) is 11.8. The summed E-state index contributed by atoms with van der Waals surface area (Å²) in [5.74, 6) is 0.614. The van der Waals surface area contributed by atoms with Gasteiger partial charge in [0.1, 0.15) is 18.5 Å². The minimum atomic E-state index is -0.603. The predicted molar refractivity (Wildman–Crippen MR) is 146 cm³/mol. The number of carbonyl (C=O) groups is 1. The molecule has 4 aromatic rings. The fraction of sp³-hybridized carbons (Fsp3) is 0.214. The van der Waals surface area contributed by atoms with Crippen LogP contribution >= 0.6 is 11.3 Å². The molecule has 0 fully saturated rings. The van der Waals surface area contributed by atoms with Crippen molar-refractivity contribution in [2.75, 3.05) is 30.3 Å². The van der Waals surface area contributed by atoms with Gasteiger partial charge in [-0.05, 0) is 54.9 Å². The van der Waals surface area contributed by atoms with Crippen LogP contribution in [0.1, 0.15) is 12.5 Å². The Bertz CT molecular complexity index is 1250. The van der Waals surface area contributed by atoms with Gasteiger partial charge in [-0.25, -0.2) is 4.98 Å². The lowest BCUT2D eigenvalue weighted by molar-refractivity contribution is -0.114. The highest BCUT2D eigenvalue weighted by Gasteiger charge is 2.12. The Morgan fingerprint density at radius 2 is 1.81 bits per heavy atom. The van der Waals surface area contributed by atoms with Crippen LogP contribution in [0.25, 0.3) is 11.3 Å². The number of aliphatic hydroxyl groups is 1. The summed E-state index contributed by atoms with van der Waals surface area (Å²) in [5.41, 5.74) is 4.47. The second-order valence-electron chi connectivity index (χ2n) is 8.32. The molecule has 186 valence electrons. The number of rotatable bonds is 12. The van der Waals surface area contributed by atoms with Crippen molar-refractivity contribution in [3.8, 4) is 17.0 Å². The van der Waals surface area contributed by atoms with E-state index < -0.39 is 6.10 Å². The number of thiazole rings is 1. The SMILES string of the molecule is CC(=O)Nc1ccc(CCNCC(O)COc2ccccc2)cc1-c1csc(Nc2ccccc2)n1. The highest BCUT2D eigenvalue weighted by Crippen LogP contribution is 2.33. The summed E-state index contributed by atoms with van der Waals surface area (Å²) in [6.45, 7) is 2.86. The summed E-state index contributed by atoms with van der Waals surface area (Å²) in [4.78, 5) is 16.5. The van der Waals surface area contributed by atoms with Gasteiger partial charge in [-0.1, -0.05) is 42.5 Å². The average Bonchev–Trinajstić information content (AvgIpc) is 3.35. The molecule has 1 atom stereocenters. The van der Waals surface area contributed by atoms with Gasteiger partial charge in [0.2, 0.25) is 5.91 Å². The molecule has 0 aliphatic rings. The van der Waals surface area contributed by atoms with Crippen LogP contribution in [0.15, 0.2) is 84.2 Å². The molecular weight excluding hydrogens is 472 g/mol. The number of hydrogen-bond acceptors (Lipinski definition) is 7. The van der Waals surface area contributed by atoms with Gasteiger partial charge < -0.3 is 25.8 Å². The Labute approximate surface area is 215 Å². The number of anilines is 3. The van der Waals surface area contributed by atoms with E-state index in [1.54, 1.807) is 0 Å². The maximum Gasteiger partial charge on any atom is 0.221 e. The molecule has 1 amide bonds. The number of carbonyl (C=O) groups excluding carboxylic acids is 1. The molecule has 3 aromatic carbocycles. The third kappa shape index (κ3) is 7.64. The third-order valence-corrected chi connectivity index (χ3v) is 6.11. The van der Waals surface area contributed by atoms with E-state index >= 15 is 0 Å². The van der Waals surface area contributed by atoms with E-state index in [1.807, 2.05) is 78.2 Å². The minimum Gasteiger partial charge on any atom is -0.491 e. The number of amides is 1. The standard InChI is InChI=1S/C28H30N4O3S/c1-20(33)30-26-13-12-21(14-15-29-17-23(34)18-35-24-10-6-3-7-11-24)16-25(26)27-19-36-28(32-27)31-22-8-4-2-5-9-22/h2-13,16,19,23,29,34H,14-15,17-18H2,1H3,(H,30,33)(H,31,32). The lowest BCUT2D eigenvalue weighted by atomic mass is 10.0. The molecule has 1 heterocycles. The van der Waals surface area contributed by atoms with Crippen LogP contribution in [-0.2, 0) is 11.2 Å². The zero-order valence-electron chi connectivity index (χ0n) is 20.1. The van der Waals surface area contributed by atoms with Gasteiger partial charge in [0, 0.05) is 30.1 Å². The number of aliphatic hydroxyl groups excluding tert-OH is 1. The predicted octanol–water partition coefficient (Wildman–Crippen LogP) is 5.08. The van der Waals surface area contributed by atoms with Crippen molar-refractivity contribution in [3.63, 3.8) is 0 Å². The maximum absolute atomic E-state index is 11.8. The first-order chi connectivity index (χ1) is 17.6. The average molecular weight is 503 g/mol. The lowest BCUT2D eigenvalue weighted by Crippen LogP contribution is -2.32. The second-order valence-corrected chi connectivity index (χ2v) is 9.18. The molecule has 0 aliphatic heterocycles. The highest BCUT2D eigenvalue weighted by atomic mass is 32.1. The molecular formula is C28H30N4O3S. The first kappa shape index (κ1) is 25.4. The van der Waals surface area contributed by atoms with E-state index in [0.717, 1.165) is 45.5 Å². The fourth-order valence-corrected chi connectivity index (χ4v) is 4.36. The van der Waals surface area contributed by atoms with Gasteiger partial charge in [0.05, 0.1) is 11.4 Å². The van der Waals surface area contributed by atoms with Crippen LogP contribution in [0.5, 0.6) is 5.75 Å². The summed E-state index contributed by atoms with van der Waals surface area (Å²) in [6.07, 6.45) is 0.159. The first-order valence-corrected chi connectivity index (χ1v) is 12.7. The smallest absolute Gasteiger partial charge is 0.221 e. The lowest BCUT2D eigenvalue weighted by Gasteiger charge is -2.14. The molecule has 0 aliphatic carbocycles. The Balaban J connectivity index is 1.35. The fourth-order valence-electron chi connectivity index (χ4n) is 3.63. The third-order valence-electron chi connectivity index (χ3n) is 5.36. The van der Waals surface area contributed by atoms with E-state index in [4.69, 9.17) is 9.72 Å². The Morgan fingerprint density at radius 3 is 2.56 bits per heavy atom. The van der Waals surface area contributed by atoms with Crippen LogP contribution in [0, 0.1) is 0 Å². The van der Waals surface area contributed by atoms with Crippen molar-refractivity contribution in [1.29, 1.82) is 0 Å². The summed E-state index contributed by atoms with van der Waals surface area (Å²) in [6, 6.07) is 25.3. The van der Waals surface area contributed by atoms with Crippen molar-refractivity contribution < 1.29 is 14.6 Å². The topological polar surface area (TPSA) is 95.5 Å². The molecule has 4 N–H and O–H groups in total. The van der Waals surface area contributed by atoms with Gasteiger partial charge in [-0.2, -0.15) is 0 Å². The zero-order chi connectivity index (χ0) is 25.2. The molecule has 0 bridgehead atoms. The van der Waals surface area contributed by atoms with Crippen LogP contribution in [0.2, 0.25) is 0 Å². The van der Waals surface area contributed by atoms with Gasteiger partial charge in [-0.3, -0.25) is 4.79 Å². The van der Waals surface area contributed by atoms with Crippen molar-refractivity contribution in [1.82, 2.24) is 10.3 Å². The van der Waals surface area contributed by atoms with E-state index in [9.17, 15) is 9.90 Å². The molecule has 36 heavy (non-hydrogen) atoms. The second kappa shape index (κ2) is 12.8. The van der Waals surface area contributed by atoms with E-state index in [2.05, 4.69) is 22.0 Å². The molecule has 1 aromatic heterocycles. The van der Waals surface area contributed by atoms with E-state index in [0.29, 0.717) is 13.1 Å². The molecule has 0 saturated heterocycles. The maximum atomic E-state index is 11.8. The van der Waals surface area contributed by atoms with Crippen molar-refractivity contribution in [3.05, 3.63) is 89.8 Å². The summed E-state index contributed by atoms with van der Waals surface area (Å²) >= 11 is 1.51. The Morgan fingerprint density at radius 1 is 1.06 bits per heavy atom. The zero-order valence-corrected chi connectivity index (χ0v) is 20.9. The summed E-state index contributed by atoms with van der Waals surface area (Å²) in [5, 5.41) is 22.5. The summed E-state index contributed by atoms with van der Waals surface area (Å²) in [7, 11) is 0. The number of benzene rings is 3. The van der Waals surface area contributed by atoms with Crippen LogP contribution in [0.3, 0.4) is 0 Å². The normalized spacial score (nSPS) is 11.6. The number of para-hydroxylation sites is 2. The van der Waals surface area contributed by atoms with Gasteiger partial charge in [-0.15, -0.1) is 11.3 Å². The molecule has 0 spiro atoms. The van der Waals surface area contributed by atoms with Crippen LogP contribution < -0.4 is 20.7 Å². The van der Waals surface area contributed by atoms with Gasteiger partial charge in [0.25, 0.3) is 0 Å². The van der Waals surface area contributed by atoms with Crippen molar-refractivity contribution in [2.45, 2.75) is 19.4 Å². The van der Waals surface area contributed by atoms with Gasteiger partial charge in [0.15, 0.2) is 5.13 Å². The molecule has 8 heteroatoms. The van der Waals surface area contributed by atoms with Crippen LogP contribution in [0.4, 0.5) is 16.5 Å². The van der Waals surface area contributed by atoms with Gasteiger partial charge >= 0.3 is 0 Å². The van der Waals surface area contributed by atoms with Crippen molar-refractivity contribution in [2.24, 2.45) is 0 Å². The van der Waals surface area contributed by atoms with E-state index in [-0.39, 0.29) is 12.5 Å². The molecule has 7 nitrogen and oxygen atoms in total. The number of nitrogens with one attached hydrogen (secondary N) is 3. The molecule has 0 saturated carbocycles. The molecule has 0 radical (unpaired) electrons. The Kier molecular flexibility index (Phi) is 9.04. The molecule has 1 unspecified atom stereocenters. The van der Waals surface area contributed by atoms with Crippen molar-refractivity contribution >= 4 is 33.8 Å². The highest BCUT2D eigenvalue weighted by molar-refractivity contribution is 7.14. The number of hydrogen-bond donors (Lipinski definition) is 4. The van der Waals surface area contributed by atoms with Crippen LogP contribution in [-0.4, -0.2) is 41.8 Å². The Hall–Kier alpha value is -3.72. The number of nitrogens with zero attached hydrogens (tertiary/aromatic N) is 1. The quantitative estimate of drug-likeness (QED) is 0.202. The minimum absolute atomic E-state index is 0.129.